The SMILES string of the molecule is CCOc1ccc(NC(=NC)NCCN2CCCCC2C)cc1OC.I. The zero-order valence-corrected chi connectivity index (χ0v) is 18.7. The van der Waals surface area contributed by atoms with E-state index in [0.29, 0.717) is 18.4 Å². The standard InChI is InChI=1S/C19H32N4O2.HI/c1-5-25-17-10-9-16(14-18(17)24-4)22-19(20-3)21-11-13-23-12-7-6-8-15(23)2;/h9-10,14-15H,5-8,11-13H2,1-4H3,(H2,20,21,22);1H. The molecule has 1 unspecified atom stereocenters. The van der Waals surface area contributed by atoms with Crippen LogP contribution in [-0.2, 0) is 0 Å². The molecule has 1 aromatic carbocycles. The van der Waals surface area contributed by atoms with Gasteiger partial charge < -0.3 is 20.1 Å². The minimum absolute atomic E-state index is 0. The number of benzene rings is 1. The second-order valence-electron chi connectivity index (χ2n) is 6.30. The number of ether oxygens (including phenoxy) is 2. The summed E-state index contributed by atoms with van der Waals surface area (Å²) in [5.74, 6) is 2.22. The monoisotopic (exact) mass is 476 g/mol. The first kappa shape index (κ1) is 22.8. The van der Waals surface area contributed by atoms with Gasteiger partial charge in [-0.2, -0.15) is 0 Å². The van der Waals surface area contributed by atoms with Gasteiger partial charge in [-0.05, 0) is 45.4 Å². The van der Waals surface area contributed by atoms with Crippen LogP contribution in [-0.4, -0.2) is 57.3 Å². The average molecular weight is 476 g/mol. The Balaban J connectivity index is 0.00000338. The summed E-state index contributed by atoms with van der Waals surface area (Å²) in [6.45, 7) is 8.00. The number of aliphatic imine (C=N–C) groups is 1. The lowest BCUT2D eigenvalue weighted by Gasteiger charge is -2.33. The molecule has 0 radical (unpaired) electrons. The largest absolute Gasteiger partial charge is 0.493 e. The van der Waals surface area contributed by atoms with Crippen LogP contribution in [0.1, 0.15) is 33.1 Å². The van der Waals surface area contributed by atoms with E-state index in [-0.39, 0.29) is 24.0 Å². The van der Waals surface area contributed by atoms with Crippen molar-refractivity contribution in [2.24, 2.45) is 4.99 Å². The smallest absolute Gasteiger partial charge is 0.195 e. The van der Waals surface area contributed by atoms with Gasteiger partial charge in [0.15, 0.2) is 17.5 Å². The van der Waals surface area contributed by atoms with E-state index in [9.17, 15) is 0 Å². The highest BCUT2D eigenvalue weighted by Gasteiger charge is 2.17. The number of piperidine rings is 1. The van der Waals surface area contributed by atoms with Crippen LogP contribution < -0.4 is 20.1 Å². The van der Waals surface area contributed by atoms with Gasteiger partial charge in [0.2, 0.25) is 0 Å². The predicted molar refractivity (Wildman–Crippen MR) is 119 cm³/mol. The number of halogens is 1. The number of guanidine groups is 1. The van der Waals surface area contributed by atoms with Gasteiger partial charge >= 0.3 is 0 Å². The number of likely N-dealkylation sites (tertiary alicyclic amines) is 1. The topological polar surface area (TPSA) is 58.1 Å². The molecule has 1 saturated heterocycles. The Hall–Kier alpha value is -1.22. The van der Waals surface area contributed by atoms with Gasteiger partial charge in [0.25, 0.3) is 0 Å². The number of methoxy groups -OCH3 is 1. The fourth-order valence-electron chi connectivity index (χ4n) is 3.14. The van der Waals surface area contributed by atoms with E-state index in [1.807, 2.05) is 25.1 Å². The molecule has 0 spiro atoms. The van der Waals surface area contributed by atoms with Gasteiger partial charge in [-0.25, -0.2) is 0 Å². The molecular formula is C19H33IN4O2. The maximum absolute atomic E-state index is 5.55. The molecule has 2 N–H and O–H groups in total. The number of hydrogen-bond donors (Lipinski definition) is 2. The van der Waals surface area contributed by atoms with Crippen molar-refractivity contribution in [3.63, 3.8) is 0 Å². The molecule has 1 aliphatic heterocycles. The van der Waals surface area contributed by atoms with E-state index < -0.39 is 0 Å². The van der Waals surface area contributed by atoms with Gasteiger partial charge in [0.1, 0.15) is 0 Å². The molecule has 0 amide bonds. The lowest BCUT2D eigenvalue weighted by atomic mass is 10.0. The first-order chi connectivity index (χ1) is 12.2. The number of anilines is 1. The van der Waals surface area contributed by atoms with E-state index in [1.54, 1.807) is 14.2 Å². The van der Waals surface area contributed by atoms with Gasteiger partial charge in [-0.1, -0.05) is 6.42 Å². The summed E-state index contributed by atoms with van der Waals surface area (Å²) in [4.78, 5) is 6.85. The van der Waals surface area contributed by atoms with Crippen LogP contribution in [0.3, 0.4) is 0 Å². The zero-order valence-electron chi connectivity index (χ0n) is 16.4. The Morgan fingerprint density at radius 3 is 2.77 bits per heavy atom. The number of hydrogen-bond acceptors (Lipinski definition) is 4. The summed E-state index contributed by atoms with van der Waals surface area (Å²) in [6, 6.07) is 6.48. The molecule has 1 atom stereocenters. The molecule has 148 valence electrons. The molecule has 0 saturated carbocycles. The van der Waals surface area contributed by atoms with Gasteiger partial charge in [0, 0.05) is 37.9 Å². The van der Waals surface area contributed by atoms with Crippen molar-refractivity contribution in [2.45, 2.75) is 39.2 Å². The van der Waals surface area contributed by atoms with Crippen LogP contribution in [0.5, 0.6) is 11.5 Å². The molecule has 0 bridgehead atoms. The molecule has 6 nitrogen and oxygen atoms in total. The summed E-state index contributed by atoms with van der Waals surface area (Å²) < 4.78 is 10.9. The van der Waals surface area contributed by atoms with Crippen LogP contribution >= 0.6 is 24.0 Å². The first-order valence-corrected chi connectivity index (χ1v) is 9.20. The number of nitrogens with zero attached hydrogens (tertiary/aromatic N) is 2. The van der Waals surface area contributed by atoms with E-state index in [2.05, 4.69) is 27.4 Å². The minimum atomic E-state index is 0. The highest BCUT2D eigenvalue weighted by atomic mass is 127. The molecule has 1 heterocycles. The molecule has 0 aliphatic carbocycles. The van der Waals surface area contributed by atoms with Gasteiger partial charge in [0.05, 0.1) is 13.7 Å². The summed E-state index contributed by atoms with van der Waals surface area (Å²) in [7, 11) is 3.43. The predicted octanol–water partition coefficient (Wildman–Crippen LogP) is 3.57. The fraction of sp³-hybridized carbons (Fsp3) is 0.632. The molecule has 1 fully saturated rings. The Morgan fingerprint density at radius 1 is 1.31 bits per heavy atom. The van der Waals surface area contributed by atoms with Gasteiger partial charge in [-0.15, -0.1) is 24.0 Å². The third-order valence-electron chi connectivity index (χ3n) is 4.58. The van der Waals surface area contributed by atoms with Crippen LogP contribution in [0, 0.1) is 0 Å². The second kappa shape index (κ2) is 12.2. The van der Waals surface area contributed by atoms with E-state index in [0.717, 1.165) is 30.5 Å². The Kier molecular flexibility index (Phi) is 10.7. The quantitative estimate of drug-likeness (QED) is 0.358. The van der Waals surface area contributed by atoms with Crippen molar-refractivity contribution in [3.05, 3.63) is 18.2 Å². The van der Waals surface area contributed by atoms with Crippen molar-refractivity contribution in [3.8, 4) is 11.5 Å². The highest BCUT2D eigenvalue weighted by Crippen LogP contribution is 2.30. The fourth-order valence-corrected chi connectivity index (χ4v) is 3.14. The number of nitrogens with one attached hydrogen (secondary N) is 2. The van der Waals surface area contributed by atoms with Crippen molar-refractivity contribution in [1.29, 1.82) is 0 Å². The Labute approximate surface area is 174 Å². The van der Waals surface area contributed by atoms with Crippen LogP contribution in [0.2, 0.25) is 0 Å². The lowest BCUT2D eigenvalue weighted by Crippen LogP contribution is -2.43. The second-order valence-corrected chi connectivity index (χ2v) is 6.30. The summed E-state index contributed by atoms with van der Waals surface area (Å²) in [5.41, 5.74) is 0.916. The van der Waals surface area contributed by atoms with Gasteiger partial charge in [-0.3, -0.25) is 9.89 Å². The van der Waals surface area contributed by atoms with Crippen molar-refractivity contribution in [2.75, 3.05) is 45.7 Å². The third kappa shape index (κ3) is 6.83. The molecule has 7 heteroatoms. The Morgan fingerprint density at radius 2 is 2.12 bits per heavy atom. The normalized spacial score (nSPS) is 18.0. The summed E-state index contributed by atoms with van der Waals surface area (Å²) in [5, 5.41) is 6.69. The molecular weight excluding hydrogens is 443 g/mol. The average Bonchev–Trinajstić information content (AvgIpc) is 2.63. The molecule has 2 rings (SSSR count). The van der Waals surface area contributed by atoms with E-state index >= 15 is 0 Å². The summed E-state index contributed by atoms with van der Waals surface area (Å²) in [6.07, 6.45) is 3.97. The van der Waals surface area contributed by atoms with Crippen LogP contribution in [0.4, 0.5) is 5.69 Å². The number of rotatable bonds is 7. The highest BCUT2D eigenvalue weighted by molar-refractivity contribution is 14.0. The van der Waals surface area contributed by atoms with Crippen molar-refractivity contribution >= 4 is 35.6 Å². The molecule has 0 aromatic heterocycles. The maximum Gasteiger partial charge on any atom is 0.195 e. The minimum Gasteiger partial charge on any atom is -0.493 e. The lowest BCUT2D eigenvalue weighted by molar-refractivity contribution is 0.164. The molecule has 1 aliphatic rings. The van der Waals surface area contributed by atoms with Crippen LogP contribution in [0.25, 0.3) is 0 Å². The Bertz CT molecular complexity index is 568. The van der Waals surface area contributed by atoms with Crippen LogP contribution in [0.15, 0.2) is 23.2 Å². The third-order valence-corrected chi connectivity index (χ3v) is 4.58. The van der Waals surface area contributed by atoms with E-state index in [4.69, 9.17) is 9.47 Å². The summed E-state index contributed by atoms with van der Waals surface area (Å²) >= 11 is 0. The molecule has 26 heavy (non-hydrogen) atoms. The first-order valence-electron chi connectivity index (χ1n) is 9.20. The van der Waals surface area contributed by atoms with Crippen molar-refractivity contribution < 1.29 is 9.47 Å². The molecule has 1 aromatic rings. The van der Waals surface area contributed by atoms with E-state index in [1.165, 1.54) is 25.8 Å². The maximum atomic E-state index is 5.55. The van der Waals surface area contributed by atoms with Crippen molar-refractivity contribution in [1.82, 2.24) is 10.2 Å². The zero-order chi connectivity index (χ0) is 18.1.